The summed E-state index contributed by atoms with van der Waals surface area (Å²) in [5.74, 6) is 0.791. The maximum absolute atomic E-state index is 3.39. The molecule has 1 aliphatic rings. The average molecular weight is 197 g/mol. The molecule has 12 heavy (non-hydrogen) atoms. The molecule has 0 bridgehead atoms. The van der Waals surface area contributed by atoms with Crippen molar-refractivity contribution in [2.45, 2.75) is 40.0 Å². The summed E-state index contributed by atoms with van der Waals surface area (Å²) in [6.07, 6.45) is 9.18. The van der Waals surface area contributed by atoms with Gasteiger partial charge in [0.2, 0.25) is 0 Å². The van der Waals surface area contributed by atoms with Gasteiger partial charge >= 0.3 is 0 Å². The van der Waals surface area contributed by atoms with Crippen molar-refractivity contribution in [2.75, 3.05) is 0 Å². The Hall–Kier alpha value is 0.194. The number of hydrogen-bond donors (Lipinski definition) is 0. The van der Waals surface area contributed by atoms with Gasteiger partial charge in [-0.15, -0.1) is 6.42 Å². The predicted molar refractivity (Wildman–Crippen MR) is 49.2 cm³/mol. The molecule has 0 saturated heterocycles. The van der Waals surface area contributed by atoms with E-state index in [1.807, 2.05) is 0 Å². The van der Waals surface area contributed by atoms with Gasteiger partial charge in [-0.05, 0) is 12.3 Å². The predicted octanol–water partition coefficient (Wildman–Crippen LogP) is 3.50. The van der Waals surface area contributed by atoms with Crippen LogP contribution in [0.25, 0.3) is 0 Å². The quantitative estimate of drug-likeness (QED) is 0.479. The first-order valence-corrected chi connectivity index (χ1v) is 4.51. The molecular formula is C11H17Ti-. The van der Waals surface area contributed by atoms with Gasteiger partial charge in [0, 0.05) is 21.7 Å². The van der Waals surface area contributed by atoms with Crippen molar-refractivity contribution < 1.29 is 21.7 Å². The summed E-state index contributed by atoms with van der Waals surface area (Å²) in [4.78, 5) is 0. The Morgan fingerprint density at radius 2 is 2.17 bits per heavy atom. The van der Waals surface area contributed by atoms with Gasteiger partial charge in [0.1, 0.15) is 0 Å². The molecular weight excluding hydrogens is 180 g/mol. The Morgan fingerprint density at radius 1 is 1.50 bits per heavy atom. The molecule has 0 N–H and O–H groups in total. The van der Waals surface area contributed by atoms with Crippen LogP contribution in [0.3, 0.4) is 0 Å². The second-order valence-electron chi connectivity index (χ2n) is 3.63. The first-order valence-electron chi connectivity index (χ1n) is 4.51. The average Bonchev–Trinajstić information content (AvgIpc) is 2.34. The summed E-state index contributed by atoms with van der Waals surface area (Å²) in [6.45, 7) is 6.73. The molecule has 0 aromatic rings. The van der Waals surface area contributed by atoms with Crippen LogP contribution in [0.1, 0.15) is 40.0 Å². The van der Waals surface area contributed by atoms with Crippen LogP contribution in [0.5, 0.6) is 0 Å². The van der Waals surface area contributed by atoms with Gasteiger partial charge in [-0.1, -0.05) is 27.2 Å². The molecule has 0 heterocycles. The molecule has 0 spiro atoms. The summed E-state index contributed by atoms with van der Waals surface area (Å²) in [7, 11) is 0. The second-order valence-corrected chi connectivity index (χ2v) is 3.63. The molecule has 0 amide bonds. The summed E-state index contributed by atoms with van der Waals surface area (Å²) >= 11 is 0. The van der Waals surface area contributed by atoms with Crippen molar-refractivity contribution in [1.29, 1.82) is 0 Å². The van der Waals surface area contributed by atoms with Crippen molar-refractivity contribution in [3.05, 3.63) is 23.3 Å². The topological polar surface area (TPSA) is 0 Å². The summed E-state index contributed by atoms with van der Waals surface area (Å²) < 4.78 is 0. The fraction of sp³-hybridized carbons (Fsp3) is 0.636. The Morgan fingerprint density at radius 3 is 2.58 bits per heavy atom. The molecule has 0 aromatic heterocycles. The summed E-state index contributed by atoms with van der Waals surface area (Å²) in [5.41, 5.74) is 2.97. The van der Waals surface area contributed by atoms with Crippen LogP contribution in [-0.2, 0) is 21.7 Å². The molecule has 0 unspecified atom stereocenters. The Kier molecular flexibility index (Phi) is 5.87. The number of hydrogen-bond acceptors (Lipinski definition) is 0. The molecule has 0 aromatic carbocycles. The fourth-order valence-corrected chi connectivity index (χ4v) is 1.46. The van der Waals surface area contributed by atoms with Gasteiger partial charge in [-0.3, -0.25) is 6.08 Å². The zero-order valence-electron chi connectivity index (χ0n) is 8.28. The van der Waals surface area contributed by atoms with Crippen LogP contribution >= 0.6 is 0 Å². The van der Waals surface area contributed by atoms with E-state index < -0.39 is 0 Å². The molecule has 66 valence electrons. The zero-order chi connectivity index (χ0) is 8.27. The largest absolute Gasteiger partial charge is 0.269 e. The molecule has 1 rings (SSSR count). The third-order valence-corrected chi connectivity index (χ3v) is 1.97. The Labute approximate surface area is 91.0 Å². The number of rotatable bonds is 3. The van der Waals surface area contributed by atoms with E-state index in [0.717, 1.165) is 18.8 Å². The van der Waals surface area contributed by atoms with Gasteiger partial charge in [0.15, 0.2) is 0 Å². The van der Waals surface area contributed by atoms with Gasteiger partial charge in [-0.2, -0.15) is 5.57 Å². The standard InChI is InChI=1S/C11H17.Ti/c1-4-10-5-6-11(8-10)7-9(2)3;/h8-9H,4,6-7H2,1-3H3;/q-1;. The van der Waals surface area contributed by atoms with Crippen LogP contribution < -0.4 is 0 Å². The SMILES string of the molecule is CCC1=[C-]CC(CC(C)C)=C1.[Ti]. The van der Waals surface area contributed by atoms with Crippen molar-refractivity contribution in [3.63, 3.8) is 0 Å². The van der Waals surface area contributed by atoms with Crippen molar-refractivity contribution in [2.24, 2.45) is 5.92 Å². The minimum absolute atomic E-state index is 0. The molecule has 1 aliphatic carbocycles. The molecule has 0 atom stereocenters. The Bertz CT molecular complexity index is 187. The van der Waals surface area contributed by atoms with E-state index in [0.29, 0.717) is 0 Å². The summed E-state index contributed by atoms with van der Waals surface area (Å²) in [5, 5.41) is 0. The van der Waals surface area contributed by atoms with E-state index in [4.69, 9.17) is 0 Å². The van der Waals surface area contributed by atoms with E-state index in [-0.39, 0.29) is 21.7 Å². The van der Waals surface area contributed by atoms with Crippen molar-refractivity contribution >= 4 is 0 Å². The van der Waals surface area contributed by atoms with E-state index in [2.05, 4.69) is 32.9 Å². The molecule has 0 aliphatic heterocycles. The third-order valence-electron chi connectivity index (χ3n) is 1.97. The van der Waals surface area contributed by atoms with Gasteiger partial charge in [0.05, 0.1) is 0 Å². The van der Waals surface area contributed by atoms with E-state index in [1.165, 1.54) is 12.0 Å². The first-order chi connectivity index (χ1) is 5.22. The van der Waals surface area contributed by atoms with Gasteiger partial charge < -0.3 is 0 Å². The van der Waals surface area contributed by atoms with Crippen molar-refractivity contribution in [1.82, 2.24) is 0 Å². The van der Waals surface area contributed by atoms with Gasteiger partial charge in [0.25, 0.3) is 0 Å². The van der Waals surface area contributed by atoms with Crippen LogP contribution in [-0.4, -0.2) is 0 Å². The zero-order valence-corrected chi connectivity index (χ0v) is 9.84. The monoisotopic (exact) mass is 197 g/mol. The summed E-state index contributed by atoms with van der Waals surface area (Å²) in [6, 6.07) is 0. The third kappa shape index (κ3) is 3.73. The van der Waals surface area contributed by atoms with Gasteiger partial charge in [-0.25, -0.2) is 11.6 Å². The van der Waals surface area contributed by atoms with Crippen LogP contribution in [0.2, 0.25) is 0 Å². The molecule has 0 saturated carbocycles. The fourth-order valence-electron chi connectivity index (χ4n) is 1.46. The van der Waals surface area contributed by atoms with E-state index in [9.17, 15) is 0 Å². The molecule has 1 heteroatoms. The maximum Gasteiger partial charge on any atom is 0 e. The molecule has 0 radical (unpaired) electrons. The van der Waals surface area contributed by atoms with E-state index in [1.54, 1.807) is 5.57 Å². The molecule has 0 fully saturated rings. The van der Waals surface area contributed by atoms with Crippen molar-refractivity contribution in [3.8, 4) is 0 Å². The van der Waals surface area contributed by atoms with Crippen LogP contribution in [0, 0.1) is 12.0 Å². The first kappa shape index (κ1) is 12.2. The smallest absolute Gasteiger partial charge is 0 e. The van der Waals surface area contributed by atoms with Crippen LogP contribution in [0.15, 0.2) is 17.2 Å². The maximum atomic E-state index is 3.39. The van der Waals surface area contributed by atoms with Crippen LogP contribution in [0.4, 0.5) is 0 Å². The molecule has 0 nitrogen and oxygen atoms in total. The normalized spacial score (nSPS) is 15.7. The minimum atomic E-state index is 0. The second kappa shape index (κ2) is 5.77. The Balaban J connectivity index is 0.00000121. The van der Waals surface area contributed by atoms with E-state index >= 15 is 0 Å². The number of allylic oxidation sites excluding steroid dienone is 4. The minimum Gasteiger partial charge on any atom is -0.269 e.